The van der Waals surface area contributed by atoms with Crippen molar-refractivity contribution >= 4 is 5.97 Å². The first-order valence-corrected chi connectivity index (χ1v) is 17.4. The molecular formula is C35H56O9. The molecule has 2 saturated heterocycles. The first-order chi connectivity index (χ1) is 20.7. The van der Waals surface area contributed by atoms with Crippen LogP contribution < -0.4 is 0 Å². The number of hydrogen-bond acceptors (Lipinski definition) is 9. The van der Waals surface area contributed by atoms with E-state index in [-0.39, 0.29) is 18.1 Å². The number of carbonyl (C=O) groups excluding carboxylic acids is 1. The van der Waals surface area contributed by atoms with Crippen molar-refractivity contribution in [1.82, 2.24) is 0 Å². The number of aliphatic hydroxyl groups excluding tert-OH is 2. The number of hydrogen-bond donors (Lipinski definition) is 3. The SMILES string of the molecule is CO[C@@H]1C[C@H]2[C@@H]3C[C@@H]4O[C@@](CCC(C)C)(O[C@@H]5OC[C@H](O)[C@H](O)[C@H]5OC(C)=O)[C@@H](C)[C@]4(O)[C@@]3(C)CC[C@@H]2[C@@]2(C)CC[C@@H]3C[C@]312. The van der Waals surface area contributed by atoms with Gasteiger partial charge in [0.15, 0.2) is 11.9 Å². The fourth-order valence-electron chi connectivity index (χ4n) is 12.5. The quantitative estimate of drug-likeness (QED) is 0.360. The molecule has 9 heteroatoms. The summed E-state index contributed by atoms with van der Waals surface area (Å²) in [5.74, 6) is 0.424. The number of rotatable bonds is 7. The third kappa shape index (κ3) is 3.99. The maximum absolute atomic E-state index is 13.1. The number of aliphatic hydroxyl groups is 3. The van der Waals surface area contributed by atoms with Crippen molar-refractivity contribution < 1.29 is 43.8 Å². The molecular weight excluding hydrogens is 564 g/mol. The summed E-state index contributed by atoms with van der Waals surface area (Å²) in [6.07, 6.45) is 4.13. The van der Waals surface area contributed by atoms with Gasteiger partial charge in [-0.3, -0.25) is 4.79 Å². The van der Waals surface area contributed by atoms with Gasteiger partial charge < -0.3 is 39.0 Å². The van der Waals surface area contributed by atoms with Gasteiger partial charge in [-0.1, -0.05) is 34.6 Å². The molecule has 0 radical (unpaired) electrons. The molecule has 0 aromatic heterocycles. The van der Waals surface area contributed by atoms with E-state index in [1.165, 1.54) is 26.2 Å². The van der Waals surface area contributed by atoms with Gasteiger partial charge in [-0.25, -0.2) is 0 Å². The largest absolute Gasteiger partial charge is 0.454 e. The molecule has 16 atom stereocenters. The Kier molecular flexibility index (Phi) is 7.47. The Morgan fingerprint density at radius 1 is 1.07 bits per heavy atom. The van der Waals surface area contributed by atoms with Crippen molar-refractivity contribution in [1.29, 1.82) is 0 Å². The van der Waals surface area contributed by atoms with E-state index < -0.39 is 54.0 Å². The number of methoxy groups -OCH3 is 1. The van der Waals surface area contributed by atoms with E-state index in [0.29, 0.717) is 40.9 Å². The summed E-state index contributed by atoms with van der Waals surface area (Å²) in [4.78, 5) is 12.0. The van der Waals surface area contributed by atoms with Crippen LogP contribution in [0.15, 0.2) is 0 Å². The second-order valence-electron chi connectivity index (χ2n) is 16.8. The molecule has 0 aromatic rings. The van der Waals surface area contributed by atoms with Crippen LogP contribution in [0.1, 0.15) is 99.3 Å². The molecule has 0 amide bonds. The van der Waals surface area contributed by atoms with Gasteiger partial charge in [0.05, 0.1) is 18.8 Å². The van der Waals surface area contributed by atoms with Crippen LogP contribution >= 0.6 is 0 Å². The summed E-state index contributed by atoms with van der Waals surface area (Å²) in [7, 11) is 1.91. The second-order valence-corrected chi connectivity index (χ2v) is 16.8. The Bertz CT molecular complexity index is 1150. The Balaban J connectivity index is 1.20. The van der Waals surface area contributed by atoms with Crippen LogP contribution in [0.2, 0.25) is 0 Å². The maximum atomic E-state index is 13.1. The third-order valence-electron chi connectivity index (χ3n) is 14.9. The van der Waals surface area contributed by atoms with Gasteiger partial charge in [-0.15, -0.1) is 0 Å². The molecule has 5 aliphatic carbocycles. The predicted molar refractivity (Wildman–Crippen MR) is 160 cm³/mol. The van der Waals surface area contributed by atoms with Crippen LogP contribution in [0.4, 0.5) is 0 Å². The minimum Gasteiger partial charge on any atom is -0.454 e. The fraction of sp³-hybridized carbons (Fsp3) is 0.971. The molecule has 0 unspecified atom stereocenters. The number of carbonyl (C=O) groups is 1. The van der Waals surface area contributed by atoms with Crippen molar-refractivity contribution in [2.45, 2.75) is 148 Å². The highest BCUT2D eigenvalue weighted by Gasteiger charge is 2.81. The topological polar surface area (TPSA) is 124 Å². The lowest BCUT2D eigenvalue weighted by Crippen LogP contribution is -2.62. The number of esters is 1. The van der Waals surface area contributed by atoms with E-state index in [9.17, 15) is 20.1 Å². The van der Waals surface area contributed by atoms with Crippen LogP contribution in [0.3, 0.4) is 0 Å². The van der Waals surface area contributed by atoms with Crippen LogP contribution in [0.25, 0.3) is 0 Å². The average Bonchev–Trinajstić information content (AvgIpc) is 3.49. The molecule has 0 aromatic carbocycles. The molecule has 7 fully saturated rings. The lowest BCUT2D eigenvalue weighted by molar-refractivity contribution is -0.363. The molecule has 0 bridgehead atoms. The Morgan fingerprint density at radius 2 is 1.80 bits per heavy atom. The molecule has 7 aliphatic rings. The highest BCUT2D eigenvalue weighted by atomic mass is 16.8. The summed E-state index contributed by atoms with van der Waals surface area (Å²) in [5, 5.41) is 34.1. The zero-order chi connectivity index (χ0) is 31.6. The molecule has 1 spiro atoms. The fourth-order valence-corrected chi connectivity index (χ4v) is 12.5. The van der Waals surface area contributed by atoms with E-state index in [2.05, 4.69) is 34.6 Å². The molecule has 3 N–H and O–H groups in total. The standard InChI is InChI=1S/C35H56O9/c1-18(2)8-13-34(44-30-29(42-20(4)36)28(38)25(37)17-41-30)19(3)35(39)27(43-34)15-24-22-14-26(40-7)33-16-21(33)9-11-31(33,5)23(22)10-12-32(24,35)6/h18-19,21-30,37-39H,8-17H2,1-7H3/t19-,21-,22-,23+,24+,25+,26-,27+,28+,29-,30+,31-,32+,33+,34+,35-/m1/s1. The zero-order valence-corrected chi connectivity index (χ0v) is 27.8. The molecule has 9 nitrogen and oxygen atoms in total. The summed E-state index contributed by atoms with van der Waals surface area (Å²) in [5.41, 5.74) is -0.836. The molecule has 2 heterocycles. The van der Waals surface area contributed by atoms with Gasteiger partial charge in [-0.2, -0.15) is 0 Å². The number of ether oxygens (including phenoxy) is 5. The van der Waals surface area contributed by atoms with Gasteiger partial charge >= 0.3 is 5.97 Å². The maximum Gasteiger partial charge on any atom is 0.303 e. The van der Waals surface area contributed by atoms with Crippen molar-refractivity contribution in [2.75, 3.05) is 13.7 Å². The van der Waals surface area contributed by atoms with Crippen molar-refractivity contribution in [3.05, 3.63) is 0 Å². The number of fused-ring (bicyclic) bond motifs is 6. The summed E-state index contributed by atoms with van der Waals surface area (Å²) >= 11 is 0. The molecule has 250 valence electrons. The molecule has 44 heavy (non-hydrogen) atoms. The van der Waals surface area contributed by atoms with Crippen molar-refractivity contribution in [3.63, 3.8) is 0 Å². The molecule has 5 saturated carbocycles. The van der Waals surface area contributed by atoms with Crippen molar-refractivity contribution in [2.24, 2.45) is 51.8 Å². The smallest absolute Gasteiger partial charge is 0.303 e. The van der Waals surface area contributed by atoms with Crippen LogP contribution in [-0.4, -0.2) is 83.2 Å². The van der Waals surface area contributed by atoms with Crippen LogP contribution in [0.5, 0.6) is 0 Å². The van der Waals surface area contributed by atoms with Crippen LogP contribution in [0, 0.1) is 51.8 Å². The summed E-state index contributed by atoms with van der Waals surface area (Å²) < 4.78 is 31.4. The highest BCUT2D eigenvalue weighted by molar-refractivity contribution is 5.66. The summed E-state index contributed by atoms with van der Waals surface area (Å²) in [6, 6.07) is 0. The molecule has 7 rings (SSSR count). The zero-order valence-electron chi connectivity index (χ0n) is 27.8. The predicted octanol–water partition coefficient (Wildman–Crippen LogP) is 4.19. The van der Waals surface area contributed by atoms with Gasteiger partial charge in [0.2, 0.25) is 6.29 Å². The minimum absolute atomic E-state index is 0.156. The van der Waals surface area contributed by atoms with E-state index in [0.717, 1.165) is 38.0 Å². The van der Waals surface area contributed by atoms with Gasteiger partial charge in [-0.05, 0) is 86.4 Å². The van der Waals surface area contributed by atoms with E-state index in [1.54, 1.807) is 0 Å². The van der Waals surface area contributed by atoms with Gasteiger partial charge in [0.25, 0.3) is 0 Å². The Morgan fingerprint density at radius 3 is 2.45 bits per heavy atom. The third-order valence-corrected chi connectivity index (χ3v) is 14.9. The lowest BCUT2D eigenvalue weighted by Gasteiger charge is -2.62. The highest BCUT2D eigenvalue weighted by Crippen LogP contribution is 2.83. The van der Waals surface area contributed by atoms with Crippen molar-refractivity contribution in [3.8, 4) is 0 Å². The van der Waals surface area contributed by atoms with E-state index in [4.69, 9.17) is 23.7 Å². The van der Waals surface area contributed by atoms with Gasteiger partial charge in [0, 0.05) is 37.2 Å². The first-order valence-electron chi connectivity index (χ1n) is 17.4. The monoisotopic (exact) mass is 620 g/mol. The Labute approximate surface area is 262 Å². The lowest BCUT2D eigenvalue weighted by atomic mass is 9.44. The first kappa shape index (κ1) is 31.8. The molecule has 2 aliphatic heterocycles. The average molecular weight is 621 g/mol. The van der Waals surface area contributed by atoms with Crippen LogP contribution in [-0.2, 0) is 28.5 Å². The second kappa shape index (κ2) is 10.3. The van der Waals surface area contributed by atoms with Gasteiger partial charge in [0.1, 0.15) is 17.8 Å². The van der Waals surface area contributed by atoms with E-state index in [1.807, 2.05) is 7.11 Å². The Hall–Kier alpha value is -0.810. The minimum atomic E-state index is -1.36. The normalized spacial score (nSPS) is 57.3. The summed E-state index contributed by atoms with van der Waals surface area (Å²) in [6.45, 7) is 12.3. The van der Waals surface area contributed by atoms with E-state index >= 15 is 0 Å².